The molecule has 7 nitrogen and oxygen atoms in total. The number of likely N-dealkylation sites (N-methyl/N-ethyl adjacent to an activating group) is 1. The molecule has 0 aliphatic rings. The Morgan fingerprint density at radius 2 is 2.08 bits per heavy atom. The molecule has 0 atom stereocenters. The van der Waals surface area contributed by atoms with Crippen molar-refractivity contribution in [1.82, 2.24) is 9.38 Å². The van der Waals surface area contributed by atoms with E-state index in [2.05, 4.69) is 10.3 Å². The molecule has 128 valence electrons. The second-order valence-corrected chi connectivity index (χ2v) is 6.75. The van der Waals surface area contributed by atoms with Gasteiger partial charge in [0.25, 0.3) is 0 Å². The highest BCUT2D eigenvalue weighted by Gasteiger charge is 2.17. The highest BCUT2D eigenvalue weighted by molar-refractivity contribution is 6.07. The molecule has 0 spiro atoms. The summed E-state index contributed by atoms with van der Waals surface area (Å²) in [6, 6.07) is 8.15. The fourth-order valence-electron chi connectivity index (χ4n) is 3.17. The number of hydrogen-bond acceptors (Lipinski definition) is 5. The summed E-state index contributed by atoms with van der Waals surface area (Å²) in [5, 5.41) is 25.7. The zero-order valence-corrected chi connectivity index (χ0v) is 14.0. The van der Waals surface area contributed by atoms with E-state index in [0.717, 1.165) is 11.0 Å². The van der Waals surface area contributed by atoms with Crippen LogP contribution in [-0.2, 0) is 0 Å². The average Bonchev–Trinajstić information content (AvgIpc) is 2.96. The van der Waals surface area contributed by atoms with Gasteiger partial charge >= 0.3 is 0 Å². The number of hydroxylamine groups is 3. The predicted octanol–water partition coefficient (Wildman–Crippen LogP) is 1.39. The molecule has 2 aromatic heterocycles. The molecule has 0 fully saturated rings. The summed E-state index contributed by atoms with van der Waals surface area (Å²) in [6.45, 7) is 0.976. The monoisotopic (exact) mass is 338 g/mol. The third-order valence-electron chi connectivity index (χ3n) is 4.38. The molecule has 0 unspecified atom stereocenters. The van der Waals surface area contributed by atoms with E-state index in [-0.39, 0.29) is 15.8 Å². The Balaban J connectivity index is 1.96. The van der Waals surface area contributed by atoms with Crippen molar-refractivity contribution in [3.63, 3.8) is 0 Å². The Labute approximate surface area is 143 Å². The Morgan fingerprint density at radius 3 is 2.84 bits per heavy atom. The fourth-order valence-corrected chi connectivity index (χ4v) is 3.17. The van der Waals surface area contributed by atoms with Crippen molar-refractivity contribution in [2.45, 2.75) is 0 Å². The molecule has 0 aliphatic carbocycles. The Kier molecular flexibility index (Phi) is 3.31. The first-order valence-electron chi connectivity index (χ1n) is 8.01. The Morgan fingerprint density at radius 1 is 1.28 bits per heavy atom. The molecular formula is C18H18N4O3. The SMILES string of the molecule is C[N+](C)(O)CCNc1ccc2ncn3c4ccc([O-])cc4c(=O)c1c23. The molecule has 7 heteroatoms. The first kappa shape index (κ1) is 15.6. The van der Waals surface area contributed by atoms with Crippen molar-refractivity contribution in [3.05, 3.63) is 46.9 Å². The first-order valence-corrected chi connectivity index (χ1v) is 8.01. The van der Waals surface area contributed by atoms with E-state index in [1.807, 2.05) is 16.5 Å². The number of nitrogens with zero attached hydrogens (tertiary/aromatic N) is 3. The molecule has 0 saturated heterocycles. The van der Waals surface area contributed by atoms with Gasteiger partial charge in [0.1, 0.15) is 12.9 Å². The lowest BCUT2D eigenvalue weighted by atomic mass is 10.1. The topological polar surface area (TPSA) is 89.7 Å². The molecule has 2 N–H and O–H groups in total. The largest absolute Gasteiger partial charge is 0.872 e. The van der Waals surface area contributed by atoms with E-state index in [1.54, 1.807) is 26.5 Å². The van der Waals surface area contributed by atoms with E-state index >= 15 is 0 Å². The van der Waals surface area contributed by atoms with E-state index in [4.69, 9.17) is 0 Å². The molecule has 0 radical (unpaired) electrons. The van der Waals surface area contributed by atoms with Crippen LogP contribution in [0.15, 0.2) is 41.5 Å². The van der Waals surface area contributed by atoms with Gasteiger partial charge in [-0.05, 0) is 18.2 Å². The first-order chi connectivity index (χ1) is 11.8. The molecule has 2 heterocycles. The summed E-state index contributed by atoms with van der Waals surface area (Å²) in [5.41, 5.74) is 2.62. The lowest BCUT2D eigenvalue weighted by Crippen LogP contribution is -2.39. The number of rotatable bonds is 4. The molecule has 0 amide bonds. The van der Waals surface area contributed by atoms with E-state index < -0.39 is 0 Å². The number of fused-ring (bicyclic) bond motifs is 2. The third-order valence-corrected chi connectivity index (χ3v) is 4.38. The Bertz CT molecular complexity index is 1140. The van der Waals surface area contributed by atoms with Crippen LogP contribution in [-0.4, -0.2) is 46.4 Å². The smallest absolute Gasteiger partial charge is 0.199 e. The number of nitrogens with one attached hydrogen (secondary N) is 1. The average molecular weight is 338 g/mol. The van der Waals surface area contributed by atoms with E-state index in [9.17, 15) is 15.1 Å². The highest BCUT2D eigenvalue weighted by atomic mass is 16.5. The van der Waals surface area contributed by atoms with E-state index in [0.29, 0.717) is 35.1 Å². The van der Waals surface area contributed by atoms with Crippen LogP contribution in [0, 0.1) is 0 Å². The molecule has 2 aromatic carbocycles. The maximum atomic E-state index is 13.1. The van der Waals surface area contributed by atoms with Crippen LogP contribution in [0.25, 0.3) is 27.3 Å². The zero-order valence-electron chi connectivity index (χ0n) is 14.0. The molecule has 4 rings (SSSR count). The number of pyridine rings is 1. The van der Waals surface area contributed by atoms with Gasteiger partial charge in [0.05, 0.1) is 42.6 Å². The maximum absolute atomic E-state index is 13.1. The van der Waals surface area contributed by atoms with Gasteiger partial charge < -0.3 is 10.4 Å². The summed E-state index contributed by atoms with van der Waals surface area (Å²) in [4.78, 5) is 17.4. The van der Waals surface area contributed by atoms with Crippen molar-refractivity contribution in [1.29, 1.82) is 0 Å². The van der Waals surface area contributed by atoms with Gasteiger partial charge in [-0.2, -0.15) is 4.65 Å². The minimum Gasteiger partial charge on any atom is -0.872 e. The van der Waals surface area contributed by atoms with Crippen LogP contribution in [0.3, 0.4) is 0 Å². The van der Waals surface area contributed by atoms with Crippen molar-refractivity contribution in [2.24, 2.45) is 0 Å². The van der Waals surface area contributed by atoms with Gasteiger partial charge in [-0.3, -0.25) is 9.20 Å². The molecule has 0 saturated carbocycles. The van der Waals surface area contributed by atoms with Crippen molar-refractivity contribution in [3.8, 4) is 5.75 Å². The minimum absolute atomic E-state index is 0.168. The highest BCUT2D eigenvalue weighted by Crippen LogP contribution is 2.29. The normalized spacial score (nSPS) is 12.4. The lowest BCUT2D eigenvalue weighted by molar-refractivity contribution is -1.07. The maximum Gasteiger partial charge on any atom is 0.199 e. The molecule has 25 heavy (non-hydrogen) atoms. The molecule has 4 aromatic rings. The van der Waals surface area contributed by atoms with Gasteiger partial charge in [0.2, 0.25) is 0 Å². The predicted molar refractivity (Wildman–Crippen MR) is 94.4 cm³/mol. The number of hydrogen-bond donors (Lipinski definition) is 2. The summed E-state index contributed by atoms with van der Waals surface area (Å²) in [6.07, 6.45) is 1.67. The quantitative estimate of drug-likeness (QED) is 0.333. The number of benzene rings is 2. The molecular weight excluding hydrogens is 320 g/mol. The second kappa shape index (κ2) is 5.30. The third kappa shape index (κ3) is 2.54. The second-order valence-electron chi connectivity index (χ2n) is 6.75. The van der Waals surface area contributed by atoms with Gasteiger partial charge in [-0.1, -0.05) is 12.1 Å². The summed E-state index contributed by atoms with van der Waals surface area (Å²) in [7, 11) is 3.36. The van der Waals surface area contributed by atoms with Gasteiger partial charge in [-0.25, -0.2) is 10.2 Å². The summed E-state index contributed by atoms with van der Waals surface area (Å²) in [5.74, 6) is -0.198. The molecule has 0 aliphatic heterocycles. The van der Waals surface area contributed by atoms with Crippen LogP contribution < -0.4 is 15.9 Å². The van der Waals surface area contributed by atoms with Crippen molar-refractivity contribution in [2.75, 3.05) is 32.5 Å². The van der Waals surface area contributed by atoms with Crippen LogP contribution in [0.4, 0.5) is 5.69 Å². The summed E-state index contributed by atoms with van der Waals surface area (Å²) >= 11 is 0. The Hall–Kier alpha value is -2.90. The fraction of sp³-hybridized carbons (Fsp3) is 0.222. The van der Waals surface area contributed by atoms with Crippen LogP contribution >= 0.6 is 0 Å². The van der Waals surface area contributed by atoms with Crippen molar-refractivity contribution < 1.29 is 15.0 Å². The van der Waals surface area contributed by atoms with Crippen molar-refractivity contribution >= 4 is 33.0 Å². The minimum atomic E-state index is -0.198. The van der Waals surface area contributed by atoms with Gasteiger partial charge in [0.15, 0.2) is 5.43 Å². The molecule has 0 bridgehead atoms. The standard InChI is InChI=1S/C18H18N4O3/c1-22(2,25)8-7-19-13-4-5-14-17-16(13)18(24)12-9-11(23)3-6-15(12)21(17)10-20-14/h3-6,9-10,25H,7-8H2,1-2H3,(H-,19,23,24). The number of aromatic nitrogens is 2. The number of anilines is 1. The number of quaternary nitrogens is 1. The van der Waals surface area contributed by atoms with Gasteiger partial charge in [0, 0.05) is 11.1 Å². The zero-order chi connectivity index (χ0) is 17.8. The van der Waals surface area contributed by atoms with Crippen LogP contribution in [0.1, 0.15) is 0 Å². The van der Waals surface area contributed by atoms with Gasteiger partial charge in [-0.15, -0.1) is 5.75 Å². The van der Waals surface area contributed by atoms with Crippen LogP contribution in [0.5, 0.6) is 5.75 Å². The lowest BCUT2D eigenvalue weighted by Gasteiger charge is -2.20. The van der Waals surface area contributed by atoms with Crippen LogP contribution in [0.2, 0.25) is 0 Å². The summed E-state index contributed by atoms with van der Waals surface area (Å²) < 4.78 is 1.68. The number of imidazole rings is 1. The van der Waals surface area contributed by atoms with E-state index in [1.165, 1.54) is 12.1 Å².